The second-order valence-corrected chi connectivity index (χ2v) is 16.3. The van der Waals surface area contributed by atoms with Crippen LogP contribution in [0.15, 0.2) is 160 Å². The molecule has 266 valence electrons. The Morgan fingerprint density at radius 1 is 0.418 bits per heavy atom. The van der Waals surface area contributed by atoms with Gasteiger partial charge in [0.15, 0.2) is 11.2 Å². The van der Waals surface area contributed by atoms with Crippen molar-refractivity contribution in [2.45, 2.75) is 45.4 Å². The summed E-state index contributed by atoms with van der Waals surface area (Å²) >= 11 is 0. The first-order chi connectivity index (χ1) is 26.6. The zero-order valence-electron chi connectivity index (χ0n) is 31.6. The van der Waals surface area contributed by atoms with E-state index in [4.69, 9.17) is 18.8 Å². The minimum absolute atomic E-state index is 0.0863. The monoisotopic (exact) mass is 712 g/mol. The summed E-state index contributed by atoms with van der Waals surface area (Å²) in [6.45, 7) is 11.6. The number of para-hydroxylation sites is 4. The maximum Gasteiger partial charge on any atom is 0.227 e. The number of nitrogens with zero attached hydrogens (tertiary/aromatic N) is 2. The summed E-state index contributed by atoms with van der Waals surface area (Å²) in [6.07, 6.45) is 0. The van der Waals surface area contributed by atoms with E-state index in [-0.39, 0.29) is 10.8 Å². The lowest BCUT2D eigenvalue weighted by Crippen LogP contribution is -2.17. The summed E-state index contributed by atoms with van der Waals surface area (Å²) in [5, 5.41) is 0. The maximum atomic E-state index is 6.26. The molecule has 2 heterocycles. The van der Waals surface area contributed by atoms with Gasteiger partial charge >= 0.3 is 0 Å². The minimum atomic E-state index is -0.0863. The van der Waals surface area contributed by atoms with E-state index in [1.165, 1.54) is 38.9 Å². The van der Waals surface area contributed by atoms with Crippen LogP contribution in [0.3, 0.4) is 0 Å². The Morgan fingerprint density at radius 3 is 1.38 bits per heavy atom. The maximum absolute atomic E-state index is 6.26. The third kappa shape index (κ3) is 5.68. The second-order valence-electron chi connectivity index (χ2n) is 16.3. The highest BCUT2D eigenvalue weighted by Gasteiger charge is 2.36. The lowest BCUT2D eigenvalue weighted by atomic mass is 9.78. The third-order valence-electron chi connectivity index (χ3n) is 11.3. The van der Waals surface area contributed by atoms with Crippen LogP contribution in [-0.2, 0) is 10.8 Å². The Morgan fingerprint density at radius 2 is 0.855 bits per heavy atom. The average molecular weight is 713 g/mol. The van der Waals surface area contributed by atoms with Gasteiger partial charge in [0.1, 0.15) is 11.0 Å². The minimum Gasteiger partial charge on any atom is -0.436 e. The van der Waals surface area contributed by atoms with E-state index in [9.17, 15) is 0 Å². The van der Waals surface area contributed by atoms with Crippen LogP contribution in [0.4, 0.5) is 0 Å². The van der Waals surface area contributed by atoms with Gasteiger partial charge in [0, 0.05) is 16.5 Å². The summed E-state index contributed by atoms with van der Waals surface area (Å²) in [7, 11) is 0. The van der Waals surface area contributed by atoms with Crippen molar-refractivity contribution in [3.05, 3.63) is 168 Å². The molecule has 0 amide bonds. The predicted molar refractivity (Wildman–Crippen MR) is 225 cm³/mol. The third-order valence-corrected chi connectivity index (χ3v) is 11.3. The van der Waals surface area contributed by atoms with E-state index < -0.39 is 0 Å². The first-order valence-corrected chi connectivity index (χ1v) is 19.0. The van der Waals surface area contributed by atoms with Gasteiger partial charge in [-0.2, -0.15) is 0 Å². The SMILES string of the molecule is CC(C)(C)c1ccc2c(c1)C(C)(C)c1cc(-c3cccc(-c4cccc(-c5cc(-c6nc7ccccc7o6)cc(-c6nc7ccccc7o6)c5)c4)c3)ccc1-2. The van der Waals surface area contributed by atoms with Gasteiger partial charge in [-0.25, -0.2) is 9.97 Å². The van der Waals surface area contributed by atoms with Crippen molar-refractivity contribution in [1.82, 2.24) is 9.97 Å². The fourth-order valence-corrected chi connectivity index (χ4v) is 8.17. The largest absolute Gasteiger partial charge is 0.436 e. The number of fused-ring (bicyclic) bond motifs is 5. The van der Waals surface area contributed by atoms with Crippen molar-refractivity contribution in [1.29, 1.82) is 0 Å². The molecule has 0 atom stereocenters. The molecule has 0 bridgehead atoms. The standard InChI is InChI=1S/C51H40N2O2/c1-50(2,3)39-21-23-41-40-22-20-35(29-42(40)51(4,5)43(41)30-39)33-14-10-12-31(24-33)32-13-11-15-34(25-32)36-26-37(48-52-44-16-6-8-18-46(44)54-48)28-38(27-36)49-53-45-17-7-9-19-47(45)55-49/h6-30H,1-5H3. The smallest absolute Gasteiger partial charge is 0.227 e. The summed E-state index contributed by atoms with van der Waals surface area (Å²) in [5.41, 5.74) is 18.5. The Hall–Kier alpha value is -6.52. The van der Waals surface area contributed by atoms with Crippen molar-refractivity contribution in [3.8, 4) is 67.4 Å². The molecule has 0 spiro atoms. The highest BCUT2D eigenvalue weighted by atomic mass is 16.4. The Balaban J connectivity index is 1.03. The molecule has 1 aliphatic rings. The molecule has 4 nitrogen and oxygen atoms in total. The summed E-state index contributed by atoms with van der Waals surface area (Å²) < 4.78 is 12.5. The quantitative estimate of drug-likeness (QED) is 0.178. The van der Waals surface area contributed by atoms with Crippen LogP contribution in [0.1, 0.15) is 51.3 Å². The van der Waals surface area contributed by atoms with Crippen LogP contribution >= 0.6 is 0 Å². The van der Waals surface area contributed by atoms with Gasteiger partial charge < -0.3 is 8.83 Å². The lowest BCUT2D eigenvalue weighted by molar-refractivity contribution is 0.584. The first kappa shape index (κ1) is 33.1. The lowest BCUT2D eigenvalue weighted by Gasteiger charge is -2.25. The molecule has 7 aromatic carbocycles. The van der Waals surface area contributed by atoms with Gasteiger partial charge in [0.2, 0.25) is 11.8 Å². The van der Waals surface area contributed by atoms with Crippen molar-refractivity contribution < 1.29 is 8.83 Å². The molecule has 0 unspecified atom stereocenters. The molecule has 0 N–H and O–H groups in total. The van der Waals surface area contributed by atoms with Gasteiger partial charge in [-0.05, 0) is 127 Å². The highest BCUT2D eigenvalue weighted by Crippen LogP contribution is 2.50. The molecule has 0 saturated carbocycles. The van der Waals surface area contributed by atoms with Gasteiger partial charge in [0.05, 0.1) is 0 Å². The Bertz CT molecular complexity index is 2800. The van der Waals surface area contributed by atoms with Crippen LogP contribution in [0, 0.1) is 0 Å². The number of aromatic nitrogens is 2. The molecule has 9 aromatic rings. The van der Waals surface area contributed by atoms with E-state index in [1.54, 1.807) is 0 Å². The Kier molecular flexibility index (Phi) is 7.37. The molecular weight excluding hydrogens is 673 g/mol. The summed E-state index contributed by atoms with van der Waals surface area (Å²) in [4.78, 5) is 9.67. The van der Waals surface area contributed by atoms with Crippen molar-refractivity contribution in [2.75, 3.05) is 0 Å². The van der Waals surface area contributed by atoms with Crippen molar-refractivity contribution in [3.63, 3.8) is 0 Å². The molecule has 0 radical (unpaired) electrons. The van der Waals surface area contributed by atoms with E-state index in [0.29, 0.717) is 11.8 Å². The fourth-order valence-electron chi connectivity index (χ4n) is 8.17. The van der Waals surface area contributed by atoms with E-state index in [2.05, 4.69) is 132 Å². The first-order valence-electron chi connectivity index (χ1n) is 19.0. The zero-order chi connectivity index (χ0) is 37.5. The zero-order valence-corrected chi connectivity index (χ0v) is 31.6. The molecule has 55 heavy (non-hydrogen) atoms. The molecule has 1 aliphatic carbocycles. The summed E-state index contributed by atoms with van der Waals surface area (Å²) in [6, 6.07) is 53.7. The molecule has 0 aliphatic heterocycles. The molecule has 4 heteroatoms. The normalized spacial score (nSPS) is 13.3. The molecule has 2 aromatic heterocycles. The molecule has 10 rings (SSSR count). The van der Waals surface area contributed by atoms with Crippen molar-refractivity contribution in [2.24, 2.45) is 0 Å². The van der Waals surface area contributed by atoms with E-state index >= 15 is 0 Å². The number of rotatable bonds is 5. The number of oxazole rings is 2. The molecule has 0 saturated heterocycles. The van der Waals surface area contributed by atoms with Gasteiger partial charge in [-0.15, -0.1) is 0 Å². The van der Waals surface area contributed by atoms with Crippen molar-refractivity contribution >= 4 is 22.2 Å². The number of hydrogen-bond acceptors (Lipinski definition) is 4. The average Bonchev–Trinajstić information content (AvgIpc) is 3.90. The number of hydrogen-bond donors (Lipinski definition) is 0. The summed E-state index contributed by atoms with van der Waals surface area (Å²) in [5.74, 6) is 1.11. The number of benzene rings is 7. The molecule has 0 fully saturated rings. The van der Waals surface area contributed by atoms with E-state index in [0.717, 1.165) is 55.6 Å². The topological polar surface area (TPSA) is 52.1 Å². The van der Waals surface area contributed by atoms with Crippen LogP contribution in [0.25, 0.3) is 89.6 Å². The van der Waals surface area contributed by atoms with Crippen LogP contribution in [0.5, 0.6) is 0 Å². The second kappa shape index (κ2) is 12.3. The van der Waals surface area contributed by atoms with Gasteiger partial charge in [-0.1, -0.05) is 126 Å². The Labute approximate surface area is 321 Å². The van der Waals surface area contributed by atoms with Crippen LogP contribution in [-0.4, -0.2) is 9.97 Å². The predicted octanol–water partition coefficient (Wildman–Crippen LogP) is 13.9. The fraction of sp³-hybridized carbons (Fsp3) is 0.137. The van der Waals surface area contributed by atoms with Crippen LogP contribution < -0.4 is 0 Å². The van der Waals surface area contributed by atoms with Crippen LogP contribution in [0.2, 0.25) is 0 Å². The van der Waals surface area contributed by atoms with Gasteiger partial charge in [0.25, 0.3) is 0 Å². The van der Waals surface area contributed by atoms with Gasteiger partial charge in [-0.3, -0.25) is 0 Å². The van der Waals surface area contributed by atoms with E-state index in [1.807, 2.05) is 54.6 Å². The molecular formula is C51H40N2O2. The highest BCUT2D eigenvalue weighted by molar-refractivity contribution is 5.86.